The predicted molar refractivity (Wildman–Crippen MR) is 83.0 cm³/mol. The highest BCUT2D eigenvalue weighted by atomic mass is 16.5. The van der Waals surface area contributed by atoms with Gasteiger partial charge in [-0.2, -0.15) is 0 Å². The lowest BCUT2D eigenvalue weighted by atomic mass is 9.80. The van der Waals surface area contributed by atoms with Crippen molar-refractivity contribution in [2.45, 2.75) is 84.2 Å². The Morgan fingerprint density at radius 3 is 2.50 bits per heavy atom. The van der Waals surface area contributed by atoms with E-state index < -0.39 is 0 Å². The number of hydrogen-bond donors (Lipinski definition) is 1. The summed E-state index contributed by atoms with van der Waals surface area (Å²) in [4.78, 5) is 0. The predicted octanol–water partition coefficient (Wildman–Crippen LogP) is 3.37. The Bertz CT molecular complexity index is 282. The molecule has 1 saturated heterocycles. The Morgan fingerprint density at radius 2 is 1.80 bits per heavy atom. The van der Waals surface area contributed by atoms with Crippen LogP contribution in [0.4, 0.5) is 0 Å². The van der Waals surface area contributed by atoms with E-state index in [0.29, 0.717) is 24.4 Å². The Labute approximate surface area is 124 Å². The Hall–Kier alpha value is -0.120. The molecule has 1 heterocycles. The van der Waals surface area contributed by atoms with Gasteiger partial charge in [-0.3, -0.25) is 0 Å². The fourth-order valence-corrected chi connectivity index (χ4v) is 3.31. The average molecular weight is 283 g/mol. The standard InChI is InChI=1S/C17H33NO2/c1-12(2)18-10-16-7-8-17(20-16)11-19-15-6-5-13(3)14(4)9-15/h12-18H,5-11H2,1-4H3. The summed E-state index contributed by atoms with van der Waals surface area (Å²) in [6.07, 6.45) is 7.29. The van der Waals surface area contributed by atoms with Crippen LogP contribution in [0.1, 0.15) is 59.8 Å². The number of ether oxygens (including phenoxy) is 2. The van der Waals surface area contributed by atoms with Crippen LogP contribution in [0.5, 0.6) is 0 Å². The molecule has 0 aromatic heterocycles. The summed E-state index contributed by atoms with van der Waals surface area (Å²) in [5, 5.41) is 3.46. The van der Waals surface area contributed by atoms with Gasteiger partial charge in [-0.25, -0.2) is 0 Å². The van der Waals surface area contributed by atoms with Gasteiger partial charge in [0, 0.05) is 12.6 Å². The molecule has 5 unspecified atom stereocenters. The molecule has 2 rings (SSSR count). The maximum absolute atomic E-state index is 6.11. The smallest absolute Gasteiger partial charge is 0.0814 e. The first kappa shape index (κ1) is 16.3. The summed E-state index contributed by atoms with van der Waals surface area (Å²) in [5.41, 5.74) is 0. The molecule has 0 spiro atoms. The van der Waals surface area contributed by atoms with Gasteiger partial charge in [-0.05, 0) is 43.9 Å². The molecular formula is C17H33NO2. The van der Waals surface area contributed by atoms with Crippen LogP contribution in [0.3, 0.4) is 0 Å². The lowest BCUT2D eigenvalue weighted by molar-refractivity contribution is -0.0598. The van der Waals surface area contributed by atoms with E-state index in [9.17, 15) is 0 Å². The molecule has 0 radical (unpaired) electrons. The summed E-state index contributed by atoms with van der Waals surface area (Å²) < 4.78 is 12.2. The van der Waals surface area contributed by atoms with Crippen LogP contribution in [-0.2, 0) is 9.47 Å². The van der Waals surface area contributed by atoms with Crippen molar-refractivity contribution in [3.63, 3.8) is 0 Å². The Balaban J connectivity index is 1.61. The molecule has 5 atom stereocenters. The van der Waals surface area contributed by atoms with Crippen molar-refractivity contribution >= 4 is 0 Å². The van der Waals surface area contributed by atoms with Gasteiger partial charge in [-0.15, -0.1) is 0 Å². The molecule has 3 nitrogen and oxygen atoms in total. The second-order valence-electron chi connectivity index (χ2n) is 7.24. The molecule has 2 aliphatic rings. The van der Waals surface area contributed by atoms with Gasteiger partial charge in [0.15, 0.2) is 0 Å². The summed E-state index contributed by atoms with van der Waals surface area (Å²) in [7, 11) is 0. The second kappa shape index (κ2) is 7.77. The first-order chi connectivity index (χ1) is 9.54. The maximum Gasteiger partial charge on any atom is 0.0814 e. The van der Waals surface area contributed by atoms with Crippen molar-refractivity contribution in [1.82, 2.24) is 5.32 Å². The minimum atomic E-state index is 0.323. The zero-order valence-electron chi connectivity index (χ0n) is 13.7. The fourth-order valence-electron chi connectivity index (χ4n) is 3.31. The highest BCUT2D eigenvalue weighted by Crippen LogP contribution is 2.31. The highest BCUT2D eigenvalue weighted by molar-refractivity contribution is 4.79. The van der Waals surface area contributed by atoms with Crippen molar-refractivity contribution in [2.75, 3.05) is 13.2 Å². The molecule has 3 heteroatoms. The molecule has 1 aliphatic heterocycles. The fraction of sp³-hybridized carbons (Fsp3) is 1.00. The minimum Gasteiger partial charge on any atom is -0.376 e. The van der Waals surface area contributed by atoms with Gasteiger partial charge in [0.2, 0.25) is 0 Å². The Morgan fingerprint density at radius 1 is 1.05 bits per heavy atom. The van der Waals surface area contributed by atoms with E-state index in [2.05, 4.69) is 33.0 Å². The lowest BCUT2D eigenvalue weighted by Gasteiger charge is -2.32. The van der Waals surface area contributed by atoms with Crippen molar-refractivity contribution < 1.29 is 9.47 Å². The van der Waals surface area contributed by atoms with E-state index in [1.165, 1.54) is 25.7 Å². The Kier molecular flexibility index (Phi) is 6.31. The third-order valence-electron chi connectivity index (χ3n) is 5.02. The molecule has 20 heavy (non-hydrogen) atoms. The molecule has 0 amide bonds. The third-order valence-corrected chi connectivity index (χ3v) is 5.02. The SMILES string of the molecule is CC(C)NCC1CCC(COC2CCC(C)C(C)C2)O1. The molecule has 1 N–H and O–H groups in total. The summed E-state index contributed by atoms with van der Waals surface area (Å²) in [5.74, 6) is 1.67. The first-order valence-corrected chi connectivity index (χ1v) is 8.55. The summed E-state index contributed by atoms with van der Waals surface area (Å²) >= 11 is 0. The van der Waals surface area contributed by atoms with Crippen LogP contribution in [0.25, 0.3) is 0 Å². The van der Waals surface area contributed by atoms with Crippen LogP contribution in [-0.4, -0.2) is 37.5 Å². The van der Waals surface area contributed by atoms with Gasteiger partial charge >= 0.3 is 0 Å². The zero-order valence-corrected chi connectivity index (χ0v) is 13.7. The number of hydrogen-bond acceptors (Lipinski definition) is 3. The van der Waals surface area contributed by atoms with Crippen LogP contribution in [0, 0.1) is 11.8 Å². The molecule has 1 saturated carbocycles. The van der Waals surface area contributed by atoms with Gasteiger partial charge in [0.05, 0.1) is 24.9 Å². The van der Waals surface area contributed by atoms with Gasteiger partial charge in [-0.1, -0.05) is 27.7 Å². The van der Waals surface area contributed by atoms with Crippen molar-refractivity contribution in [3.8, 4) is 0 Å². The van der Waals surface area contributed by atoms with E-state index in [1.54, 1.807) is 0 Å². The lowest BCUT2D eigenvalue weighted by Crippen LogP contribution is -2.33. The molecule has 118 valence electrons. The molecule has 0 aromatic rings. The summed E-state index contributed by atoms with van der Waals surface area (Å²) in [6, 6.07) is 0.541. The van der Waals surface area contributed by atoms with Crippen molar-refractivity contribution in [2.24, 2.45) is 11.8 Å². The summed E-state index contributed by atoms with van der Waals surface area (Å²) in [6.45, 7) is 10.9. The van der Waals surface area contributed by atoms with Crippen molar-refractivity contribution in [3.05, 3.63) is 0 Å². The van der Waals surface area contributed by atoms with Crippen LogP contribution in [0.15, 0.2) is 0 Å². The quantitative estimate of drug-likeness (QED) is 0.810. The van der Waals surface area contributed by atoms with E-state index >= 15 is 0 Å². The number of rotatable bonds is 6. The van der Waals surface area contributed by atoms with E-state index in [1.807, 2.05) is 0 Å². The van der Waals surface area contributed by atoms with Crippen LogP contribution < -0.4 is 5.32 Å². The molecule has 0 aromatic carbocycles. The molecule has 1 aliphatic carbocycles. The first-order valence-electron chi connectivity index (χ1n) is 8.55. The monoisotopic (exact) mass is 283 g/mol. The third kappa shape index (κ3) is 5.01. The van der Waals surface area contributed by atoms with Gasteiger partial charge in [0.25, 0.3) is 0 Å². The second-order valence-corrected chi connectivity index (χ2v) is 7.24. The van der Waals surface area contributed by atoms with Gasteiger partial charge < -0.3 is 14.8 Å². The van der Waals surface area contributed by atoms with E-state index in [0.717, 1.165) is 31.4 Å². The largest absolute Gasteiger partial charge is 0.376 e. The molecule has 2 fully saturated rings. The van der Waals surface area contributed by atoms with Crippen molar-refractivity contribution in [1.29, 1.82) is 0 Å². The molecule has 0 bridgehead atoms. The van der Waals surface area contributed by atoms with E-state index in [4.69, 9.17) is 9.47 Å². The zero-order chi connectivity index (χ0) is 14.5. The average Bonchev–Trinajstić information content (AvgIpc) is 2.86. The van der Waals surface area contributed by atoms with Gasteiger partial charge in [0.1, 0.15) is 0 Å². The van der Waals surface area contributed by atoms with Crippen LogP contribution >= 0.6 is 0 Å². The van der Waals surface area contributed by atoms with E-state index in [-0.39, 0.29) is 0 Å². The highest BCUT2D eigenvalue weighted by Gasteiger charge is 2.28. The minimum absolute atomic E-state index is 0.323. The van der Waals surface area contributed by atoms with Crippen LogP contribution in [0.2, 0.25) is 0 Å². The molecular weight excluding hydrogens is 250 g/mol. The topological polar surface area (TPSA) is 30.5 Å². The number of nitrogens with one attached hydrogen (secondary N) is 1. The maximum atomic E-state index is 6.11. The normalized spacial score (nSPS) is 38.5.